The molecule has 0 aliphatic heterocycles. The summed E-state index contributed by atoms with van der Waals surface area (Å²) in [5.74, 6) is 1.11. The molecule has 7 heteroatoms. The number of benzene rings is 1. The van der Waals surface area contributed by atoms with Gasteiger partial charge in [0.1, 0.15) is 0 Å². The summed E-state index contributed by atoms with van der Waals surface area (Å²) in [5.41, 5.74) is 2.55. The Morgan fingerprint density at radius 2 is 2.00 bits per heavy atom. The fourth-order valence-corrected chi connectivity index (χ4v) is 3.60. The lowest BCUT2D eigenvalue weighted by atomic mass is 10.00. The first-order valence-corrected chi connectivity index (χ1v) is 11.2. The number of aryl methyl sites for hydroxylation is 1. The Labute approximate surface area is 159 Å². The lowest BCUT2D eigenvalue weighted by molar-refractivity contribution is 0.424. The molecule has 0 radical (unpaired) electrons. The first-order valence-electron chi connectivity index (χ1n) is 9.31. The van der Waals surface area contributed by atoms with E-state index in [9.17, 15) is 8.42 Å². The van der Waals surface area contributed by atoms with E-state index in [1.807, 2.05) is 13.8 Å². The van der Waals surface area contributed by atoms with E-state index in [1.165, 1.54) is 21.7 Å². The standard InChI is InChI=1S/C19H34N4O2S/c1-6-20-19(21-12-9-13-23(7-2)26(5,24)25)22-15-17(4)18-11-8-10-16(3)14-18/h8,10-11,14,17H,6-7,9,12-13,15H2,1-5H3,(H2,20,21,22). The second kappa shape index (κ2) is 11.2. The van der Waals surface area contributed by atoms with Gasteiger partial charge < -0.3 is 10.6 Å². The van der Waals surface area contributed by atoms with Gasteiger partial charge in [0, 0.05) is 38.6 Å². The van der Waals surface area contributed by atoms with Crippen LogP contribution < -0.4 is 10.6 Å². The lowest BCUT2D eigenvalue weighted by Crippen LogP contribution is -2.39. The van der Waals surface area contributed by atoms with E-state index in [2.05, 4.69) is 53.7 Å². The summed E-state index contributed by atoms with van der Waals surface area (Å²) >= 11 is 0. The predicted octanol–water partition coefficient (Wildman–Crippen LogP) is 2.33. The molecule has 0 amide bonds. The fraction of sp³-hybridized carbons (Fsp3) is 0.632. The van der Waals surface area contributed by atoms with E-state index in [0.29, 0.717) is 32.1 Å². The van der Waals surface area contributed by atoms with Gasteiger partial charge in [-0.15, -0.1) is 0 Å². The van der Waals surface area contributed by atoms with Gasteiger partial charge in [0.2, 0.25) is 10.0 Å². The van der Waals surface area contributed by atoms with Gasteiger partial charge in [-0.05, 0) is 25.8 Å². The molecule has 0 spiro atoms. The summed E-state index contributed by atoms with van der Waals surface area (Å²) < 4.78 is 24.7. The van der Waals surface area contributed by atoms with Gasteiger partial charge in [-0.2, -0.15) is 0 Å². The van der Waals surface area contributed by atoms with Crippen molar-refractivity contribution < 1.29 is 8.42 Å². The molecule has 0 saturated heterocycles. The van der Waals surface area contributed by atoms with Crippen LogP contribution in [0.1, 0.15) is 44.2 Å². The second-order valence-corrected chi connectivity index (χ2v) is 8.55. The van der Waals surface area contributed by atoms with Gasteiger partial charge in [0.25, 0.3) is 0 Å². The third-order valence-corrected chi connectivity index (χ3v) is 5.56. The number of aliphatic imine (C=N–C) groups is 1. The van der Waals surface area contributed by atoms with Crippen molar-refractivity contribution in [2.75, 3.05) is 39.0 Å². The van der Waals surface area contributed by atoms with Crippen LogP contribution in [0, 0.1) is 6.92 Å². The molecule has 1 aromatic rings. The Morgan fingerprint density at radius 1 is 1.27 bits per heavy atom. The quantitative estimate of drug-likeness (QED) is 0.370. The Kier molecular flexibility index (Phi) is 9.65. The maximum Gasteiger partial charge on any atom is 0.211 e. The van der Waals surface area contributed by atoms with Gasteiger partial charge in [-0.25, -0.2) is 12.7 Å². The maximum absolute atomic E-state index is 11.6. The number of nitrogens with one attached hydrogen (secondary N) is 2. The van der Waals surface area contributed by atoms with Crippen molar-refractivity contribution in [2.45, 2.75) is 40.0 Å². The van der Waals surface area contributed by atoms with Crippen LogP contribution in [0.5, 0.6) is 0 Å². The summed E-state index contributed by atoms with van der Waals surface area (Å²) in [5, 5.41) is 6.53. The van der Waals surface area contributed by atoms with Crippen LogP contribution in [0.15, 0.2) is 29.3 Å². The average Bonchev–Trinajstić information content (AvgIpc) is 2.58. The zero-order chi connectivity index (χ0) is 19.6. The van der Waals surface area contributed by atoms with E-state index in [1.54, 1.807) is 0 Å². The third-order valence-electron chi connectivity index (χ3n) is 4.18. The van der Waals surface area contributed by atoms with Gasteiger partial charge in [0.05, 0.1) is 6.26 Å². The molecule has 0 fully saturated rings. The summed E-state index contributed by atoms with van der Waals surface area (Å²) in [6.45, 7) is 11.3. The number of nitrogens with zero attached hydrogens (tertiary/aromatic N) is 2. The second-order valence-electron chi connectivity index (χ2n) is 6.57. The SMILES string of the molecule is CCNC(=NCC(C)c1cccc(C)c1)NCCCN(CC)S(C)(=O)=O. The maximum atomic E-state index is 11.6. The van der Waals surface area contributed by atoms with Gasteiger partial charge in [0.15, 0.2) is 5.96 Å². The van der Waals surface area contributed by atoms with Gasteiger partial charge in [-0.3, -0.25) is 4.99 Å². The molecule has 2 N–H and O–H groups in total. The number of guanidine groups is 1. The molecule has 0 aliphatic carbocycles. The van der Waals surface area contributed by atoms with Crippen molar-refractivity contribution in [1.29, 1.82) is 0 Å². The number of sulfonamides is 1. The predicted molar refractivity (Wildman–Crippen MR) is 110 cm³/mol. The molecule has 6 nitrogen and oxygen atoms in total. The van der Waals surface area contributed by atoms with E-state index in [0.717, 1.165) is 18.9 Å². The molecule has 26 heavy (non-hydrogen) atoms. The van der Waals surface area contributed by atoms with Crippen LogP contribution >= 0.6 is 0 Å². The molecule has 1 unspecified atom stereocenters. The van der Waals surface area contributed by atoms with Gasteiger partial charge >= 0.3 is 0 Å². The highest BCUT2D eigenvalue weighted by molar-refractivity contribution is 7.88. The topological polar surface area (TPSA) is 73.8 Å². The Hall–Kier alpha value is -1.60. The van der Waals surface area contributed by atoms with Crippen molar-refractivity contribution >= 4 is 16.0 Å². The Bertz CT molecular complexity index is 674. The molecule has 0 aliphatic rings. The van der Waals surface area contributed by atoms with E-state index >= 15 is 0 Å². The molecule has 0 bridgehead atoms. The summed E-state index contributed by atoms with van der Waals surface area (Å²) in [7, 11) is -3.12. The minimum atomic E-state index is -3.12. The van der Waals surface area contributed by atoms with Crippen LogP contribution in [0.3, 0.4) is 0 Å². The number of rotatable bonds is 10. The van der Waals surface area contributed by atoms with E-state index in [4.69, 9.17) is 0 Å². The van der Waals surface area contributed by atoms with E-state index < -0.39 is 10.0 Å². The zero-order valence-electron chi connectivity index (χ0n) is 16.7. The summed E-state index contributed by atoms with van der Waals surface area (Å²) in [6, 6.07) is 8.51. The molecule has 1 atom stereocenters. The highest BCUT2D eigenvalue weighted by Gasteiger charge is 2.13. The summed E-state index contributed by atoms with van der Waals surface area (Å²) in [6.07, 6.45) is 1.99. The fourth-order valence-electron chi connectivity index (χ4n) is 2.67. The number of hydrogen-bond acceptors (Lipinski definition) is 3. The van der Waals surface area contributed by atoms with Crippen LogP contribution in [0.25, 0.3) is 0 Å². The highest BCUT2D eigenvalue weighted by Crippen LogP contribution is 2.16. The molecular weight excluding hydrogens is 348 g/mol. The van der Waals surface area contributed by atoms with Crippen LogP contribution in [0.4, 0.5) is 0 Å². The zero-order valence-corrected chi connectivity index (χ0v) is 17.6. The van der Waals surface area contributed by atoms with Crippen molar-refractivity contribution in [3.8, 4) is 0 Å². The van der Waals surface area contributed by atoms with Crippen molar-refractivity contribution in [3.63, 3.8) is 0 Å². The minimum Gasteiger partial charge on any atom is -0.357 e. The monoisotopic (exact) mass is 382 g/mol. The third kappa shape index (κ3) is 8.19. The van der Waals surface area contributed by atoms with Crippen molar-refractivity contribution in [1.82, 2.24) is 14.9 Å². The van der Waals surface area contributed by atoms with Crippen LogP contribution in [-0.2, 0) is 10.0 Å². The molecule has 0 heterocycles. The molecule has 0 saturated carbocycles. The van der Waals surface area contributed by atoms with Crippen molar-refractivity contribution in [3.05, 3.63) is 35.4 Å². The molecule has 1 aromatic carbocycles. The average molecular weight is 383 g/mol. The van der Waals surface area contributed by atoms with Gasteiger partial charge in [-0.1, -0.05) is 43.7 Å². The first kappa shape index (κ1) is 22.4. The smallest absolute Gasteiger partial charge is 0.211 e. The summed E-state index contributed by atoms with van der Waals surface area (Å²) in [4.78, 5) is 4.67. The molecule has 0 aromatic heterocycles. The van der Waals surface area contributed by atoms with E-state index in [-0.39, 0.29) is 0 Å². The largest absolute Gasteiger partial charge is 0.357 e. The van der Waals surface area contributed by atoms with Crippen LogP contribution in [-0.4, -0.2) is 57.7 Å². The molecular formula is C19H34N4O2S. The first-order chi connectivity index (χ1) is 12.3. The molecule has 148 valence electrons. The number of hydrogen-bond donors (Lipinski definition) is 2. The van der Waals surface area contributed by atoms with Crippen LogP contribution in [0.2, 0.25) is 0 Å². The lowest BCUT2D eigenvalue weighted by Gasteiger charge is -2.18. The Balaban J connectivity index is 2.53. The normalized spacial score (nSPS) is 13.7. The molecule has 1 rings (SSSR count). The van der Waals surface area contributed by atoms with Crippen molar-refractivity contribution in [2.24, 2.45) is 4.99 Å². The Morgan fingerprint density at radius 3 is 2.58 bits per heavy atom. The minimum absolute atomic E-state index is 0.339. The highest BCUT2D eigenvalue weighted by atomic mass is 32.2.